The first-order valence-electron chi connectivity index (χ1n) is 5.93. The van der Waals surface area contributed by atoms with Gasteiger partial charge in [0, 0.05) is 11.0 Å². The molecule has 0 aliphatic rings. The van der Waals surface area contributed by atoms with Crippen molar-refractivity contribution in [1.29, 1.82) is 0 Å². The van der Waals surface area contributed by atoms with Crippen LogP contribution in [-0.2, 0) is 14.9 Å². The molecule has 0 saturated carbocycles. The first-order chi connectivity index (χ1) is 8.63. The minimum Gasteiger partial charge on any atom is -0.469 e. The van der Waals surface area contributed by atoms with Gasteiger partial charge in [-0.05, 0) is 25.5 Å². The lowest BCUT2D eigenvalue weighted by Crippen LogP contribution is -2.53. The summed E-state index contributed by atoms with van der Waals surface area (Å²) >= 11 is 0. The second-order valence-corrected chi connectivity index (χ2v) is 5.41. The molecule has 106 valence electrons. The number of ether oxygens (including phenoxy) is 1. The fraction of sp³-hybridized carbons (Fsp3) is 0.500. The summed E-state index contributed by atoms with van der Waals surface area (Å²) in [5.74, 6) is -2.46. The molecule has 0 fully saturated rings. The zero-order valence-corrected chi connectivity index (χ0v) is 11.6. The Labute approximate surface area is 111 Å². The number of rotatable bonds is 4. The molecule has 0 aliphatic heterocycles. The van der Waals surface area contributed by atoms with Gasteiger partial charge >= 0.3 is 5.97 Å². The van der Waals surface area contributed by atoms with E-state index in [2.05, 4.69) is 4.74 Å². The summed E-state index contributed by atoms with van der Waals surface area (Å²) < 4.78 is 32.0. The summed E-state index contributed by atoms with van der Waals surface area (Å²) in [6, 6.07) is 3.87. The third kappa shape index (κ3) is 2.92. The van der Waals surface area contributed by atoms with Crippen LogP contribution in [0.25, 0.3) is 0 Å². The van der Waals surface area contributed by atoms with Gasteiger partial charge < -0.3 is 10.5 Å². The van der Waals surface area contributed by atoms with Crippen LogP contribution in [0.1, 0.15) is 32.8 Å². The van der Waals surface area contributed by atoms with Crippen LogP contribution in [0.3, 0.4) is 0 Å². The molecule has 0 bridgehead atoms. The van der Waals surface area contributed by atoms with Gasteiger partial charge in [-0.25, -0.2) is 8.78 Å². The van der Waals surface area contributed by atoms with Gasteiger partial charge in [-0.15, -0.1) is 0 Å². The number of carbonyl (C=O) groups is 1. The van der Waals surface area contributed by atoms with E-state index in [1.165, 1.54) is 19.2 Å². The predicted octanol–water partition coefficient (Wildman–Crippen LogP) is 2.52. The van der Waals surface area contributed by atoms with Crippen molar-refractivity contribution in [2.45, 2.75) is 38.1 Å². The van der Waals surface area contributed by atoms with Crippen LogP contribution in [0.15, 0.2) is 18.2 Å². The molecule has 0 aliphatic carbocycles. The maximum atomic E-state index is 14.0. The average molecular weight is 271 g/mol. The molecule has 1 atom stereocenters. The molecule has 19 heavy (non-hydrogen) atoms. The molecule has 0 aromatic heterocycles. The lowest BCUT2D eigenvalue weighted by molar-refractivity contribution is -0.142. The van der Waals surface area contributed by atoms with Gasteiger partial charge in [-0.1, -0.05) is 19.1 Å². The van der Waals surface area contributed by atoms with Gasteiger partial charge in [0.15, 0.2) is 11.6 Å². The minimum atomic E-state index is -1.08. The zero-order valence-electron chi connectivity index (χ0n) is 11.6. The average Bonchev–Trinajstić information content (AvgIpc) is 2.30. The van der Waals surface area contributed by atoms with Gasteiger partial charge in [0.25, 0.3) is 0 Å². The van der Waals surface area contributed by atoms with E-state index in [1.807, 2.05) is 0 Å². The van der Waals surface area contributed by atoms with E-state index >= 15 is 0 Å². The Kier molecular flexibility index (Phi) is 4.30. The van der Waals surface area contributed by atoms with Crippen LogP contribution in [0.4, 0.5) is 8.78 Å². The quantitative estimate of drug-likeness (QED) is 0.856. The molecule has 1 aromatic carbocycles. The molecule has 5 heteroatoms. The van der Waals surface area contributed by atoms with Gasteiger partial charge in [0.2, 0.25) is 0 Å². The van der Waals surface area contributed by atoms with E-state index in [-0.39, 0.29) is 12.0 Å². The predicted molar refractivity (Wildman–Crippen MR) is 68.6 cm³/mol. The largest absolute Gasteiger partial charge is 0.469 e. The summed E-state index contributed by atoms with van der Waals surface area (Å²) in [6.45, 7) is 4.96. The smallest absolute Gasteiger partial charge is 0.306 e. The third-order valence-electron chi connectivity index (χ3n) is 3.69. The molecule has 1 aromatic rings. The summed E-state index contributed by atoms with van der Waals surface area (Å²) in [5, 5.41) is 0. The molecule has 0 saturated heterocycles. The lowest BCUT2D eigenvalue weighted by atomic mass is 9.66. The highest BCUT2D eigenvalue weighted by Crippen LogP contribution is 2.39. The normalized spacial score (nSPS) is 14.9. The topological polar surface area (TPSA) is 52.3 Å². The van der Waals surface area contributed by atoms with Crippen molar-refractivity contribution in [2.24, 2.45) is 5.73 Å². The number of esters is 1. The maximum absolute atomic E-state index is 14.0. The van der Waals surface area contributed by atoms with Gasteiger partial charge in [-0.2, -0.15) is 0 Å². The number of hydrogen-bond donors (Lipinski definition) is 1. The fourth-order valence-electron chi connectivity index (χ4n) is 1.96. The molecule has 2 N–H and O–H groups in total. The number of halogens is 2. The van der Waals surface area contributed by atoms with Crippen LogP contribution < -0.4 is 5.73 Å². The Morgan fingerprint density at radius 2 is 1.89 bits per heavy atom. The van der Waals surface area contributed by atoms with Crippen molar-refractivity contribution < 1.29 is 18.3 Å². The SMILES string of the molecule is COC(=O)CC(C)(c1cccc(F)c1F)C(C)(C)N. The summed E-state index contributed by atoms with van der Waals surface area (Å²) in [4.78, 5) is 11.5. The number of carbonyl (C=O) groups excluding carboxylic acids is 1. The van der Waals surface area contributed by atoms with Crippen LogP contribution in [0, 0.1) is 11.6 Å². The highest BCUT2D eigenvalue weighted by molar-refractivity contribution is 5.71. The molecular weight excluding hydrogens is 252 g/mol. The van der Waals surface area contributed by atoms with Crippen LogP contribution >= 0.6 is 0 Å². The van der Waals surface area contributed by atoms with E-state index in [9.17, 15) is 13.6 Å². The number of hydrogen-bond acceptors (Lipinski definition) is 3. The Morgan fingerprint density at radius 1 is 1.32 bits per heavy atom. The minimum absolute atomic E-state index is 0.0744. The summed E-state index contributed by atoms with van der Waals surface area (Å²) in [6.07, 6.45) is -0.132. The molecule has 0 heterocycles. The lowest BCUT2D eigenvalue weighted by Gasteiger charge is -2.41. The fourth-order valence-corrected chi connectivity index (χ4v) is 1.96. The van der Waals surface area contributed by atoms with E-state index in [4.69, 9.17) is 5.73 Å². The first kappa shape index (κ1) is 15.6. The van der Waals surface area contributed by atoms with E-state index in [0.717, 1.165) is 6.07 Å². The van der Waals surface area contributed by atoms with Crippen LogP contribution in [0.2, 0.25) is 0 Å². The van der Waals surface area contributed by atoms with E-state index < -0.39 is 28.6 Å². The number of methoxy groups -OCH3 is 1. The summed E-state index contributed by atoms with van der Waals surface area (Å²) in [5.41, 5.74) is 4.13. The van der Waals surface area contributed by atoms with Crippen molar-refractivity contribution in [3.63, 3.8) is 0 Å². The summed E-state index contributed by atoms with van der Waals surface area (Å²) in [7, 11) is 1.24. The zero-order chi connectivity index (χ0) is 14.8. The second-order valence-electron chi connectivity index (χ2n) is 5.41. The van der Waals surface area contributed by atoms with Crippen molar-refractivity contribution in [3.8, 4) is 0 Å². The second kappa shape index (κ2) is 5.25. The van der Waals surface area contributed by atoms with Crippen molar-refractivity contribution in [3.05, 3.63) is 35.4 Å². The Bertz CT molecular complexity index is 483. The monoisotopic (exact) mass is 271 g/mol. The Morgan fingerprint density at radius 3 is 2.37 bits per heavy atom. The van der Waals surface area contributed by atoms with Crippen molar-refractivity contribution in [2.75, 3.05) is 7.11 Å². The third-order valence-corrected chi connectivity index (χ3v) is 3.69. The van der Waals surface area contributed by atoms with Crippen molar-refractivity contribution in [1.82, 2.24) is 0 Å². The Hall–Kier alpha value is -1.49. The first-order valence-corrected chi connectivity index (χ1v) is 5.93. The highest BCUT2D eigenvalue weighted by atomic mass is 19.2. The molecule has 0 amide bonds. The maximum Gasteiger partial charge on any atom is 0.306 e. The van der Waals surface area contributed by atoms with E-state index in [1.54, 1.807) is 20.8 Å². The molecular formula is C14H19F2NO2. The molecule has 3 nitrogen and oxygen atoms in total. The van der Waals surface area contributed by atoms with Gasteiger partial charge in [-0.3, -0.25) is 4.79 Å². The Balaban J connectivity index is 3.40. The molecule has 1 unspecified atom stereocenters. The molecule has 1 rings (SSSR count). The van der Waals surface area contributed by atoms with Crippen molar-refractivity contribution >= 4 is 5.97 Å². The van der Waals surface area contributed by atoms with Gasteiger partial charge in [0.1, 0.15) is 0 Å². The van der Waals surface area contributed by atoms with Gasteiger partial charge in [0.05, 0.1) is 13.5 Å². The number of nitrogens with two attached hydrogens (primary N) is 1. The standard InChI is InChI=1S/C14H19F2NO2/c1-13(2,17)14(3,8-11(18)19-4)9-6-5-7-10(15)12(9)16/h5-7H,8,17H2,1-4H3. The molecule has 0 radical (unpaired) electrons. The van der Waals surface area contributed by atoms with Crippen LogP contribution in [0.5, 0.6) is 0 Å². The molecule has 0 spiro atoms. The van der Waals surface area contributed by atoms with Crippen LogP contribution in [-0.4, -0.2) is 18.6 Å². The number of benzene rings is 1. The van der Waals surface area contributed by atoms with E-state index in [0.29, 0.717) is 0 Å². The highest BCUT2D eigenvalue weighted by Gasteiger charge is 2.44.